The molecule has 2 heteroatoms. The van der Waals surface area contributed by atoms with Crippen LogP contribution in [0.2, 0.25) is 0 Å². The summed E-state index contributed by atoms with van der Waals surface area (Å²) in [5.74, 6) is 0. The predicted molar refractivity (Wildman–Crippen MR) is 29.7 cm³/mol. The van der Waals surface area contributed by atoms with E-state index < -0.39 is 0 Å². The summed E-state index contributed by atoms with van der Waals surface area (Å²) in [5.41, 5.74) is 0. The van der Waals surface area contributed by atoms with Crippen LogP contribution in [0.3, 0.4) is 0 Å². The van der Waals surface area contributed by atoms with Crippen LogP contribution in [0.4, 0.5) is 0 Å². The number of rotatable bonds is 1. The Balaban J connectivity index is 2.22. The maximum absolute atomic E-state index is 10.0. The Morgan fingerprint density at radius 2 is 2.38 bits per heavy atom. The van der Waals surface area contributed by atoms with E-state index in [2.05, 4.69) is 0 Å². The first-order chi connectivity index (χ1) is 3.93. The normalized spacial score (nSPS) is 29.8. The van der Waals surface area contributed by atoms with Crippen LogP contribution in [0, 0.1) is 0 Å². The van der Waals surface area contributed by atoms with Crippen molar-refractivity contribution in [1.29, 1.82) is 0 Å². The van der Waals surface area contributed by atoms with Gasteiger partial charge in [-0.05, 0) is 19.3 Å². The molecule has 2 nitrogen and oxygen atoms in total. The Hall–Kier alpha value is -0.370. The monoisotopic (exact) mass is 114 g/mol. The highest BCUT2D eigenvalue weighted by Crippen LogP contribution is 2.09. The zero-order valence-corrected chi connectivity index (χ0v) is 4.80. The van der Waals surface area contributed by atoms with Crippen LogP contribution in [-0.4, -0.2) is 19.0 Å². The molecule has 0 N–H and O–H groups in total. The molecule has 0 bridgehead atoms. The second-order valence-corrected chi connectivity index (χ2v) is 2.04. The number of carbonyl (C=O) groups is 1. The molecule has 0 unspecified atom stereocenters. The first-order valence-corrected chi connectivity index (χ1v) is 3.00. The average Bonchev–Trinajstić information content (AvgIpc) is 1.90. The molecule has 1 heterocycles. The molecule has 0 saturated carbocycles. The fraction of sp³-hybridized carbons (Fsp3) is 0.833. The van der Waals surface area contributed by atoms with E-state index in [-0.39, 0.29) is 6.10 Å². The fourth-order valence-corrected chi connectivity index (χ4v) is 0.873. The van der Waals surface area contributed by atoms with Crippen LogP contribution < -0.4 is 0 Å². The third kappa shape index (κ3) is 1.30. The Labute approximate surface area is 48.8 Å². The van der Waals surface area contributed by atoms with Crippen LogP contribution in [-0.2, 0) is 9.53 Å². The molecule has 0 radical (unpaired) electrons. The topological polar surface area (TPSA) is 26.3 Å². The van der Waals surface area contributed by atoms with E-state index in [9.17, 15) is 4.79 Å². The van der Waals surface area contributed by atoms with E-state index in [1.54, 1.807) is 0 Å². The standard InChI is InChI=1S/C6H10O2/c7-5-6-3-1-2-4-8-6/h5-6H,1-4H2/t6-/m1/s1. The van der Waals surface area contributed by atoms with Crippen molar-refractivity contribution in [3.63, 3.8) is 0 Å². The molecule has 0 spiro atoms. The molecule has 1 aliphatic rings. The summed E-state index contributed by atoms with van der Waals surface area (Å²) in [5, 5.41) is 0. The molecule has 8 heavy (non-hydrogen) atoms. The molecule has 0 aromatic heterocycles. The van der Waals surface area contributed by atoms with Gasteiger partial charge in [0.1, 0.15) is 12.4 Å². The minimum Gasteiger partial charge on any atom is -0.371 e. The lowest BCUT2D eigenvalue weighted by molar-refractivity contribution is -0.120. The molecule has 1 aliphatic heterocycles. The van der Waals surface area contributed by atoms with Crippen molar-refractivity contribution in [2.24, 2.45) is 0 Å². The van der Waals surface area contributed by atoms with Gasteiger partial charge in [-0.2, -0.15) is 0 Å². The third-order valence-electron chi connectivity index (χ3n) is 1.37. The average molecular weight is 114 g/mol. The van der Waals surface area contributed by atoms with Gasteiger partial charge < -0.3 is 9.53 Å². The van der Waals surface area contributed by atoms with Gasteiger partial charge in [-0.3, -0.25) is 0 Å². The first kappa shape index (κ1) is 5.76. The van der Waals surface area contributed by atoms with Crippen molar-refractivity contribution in [2.75, 3.05) is 6.61 Å². The summed E-state index contributed by atoms with van der Waals surface area (Å²) in [6.45, 7) is 0.767. The Morgan fingerprint density at radius 1 is 1.50 bits per heavy atom. The Kier molecular flexibility index (Phi) is 2.03. The second-order valence-electron chi connectivity index (χ2n) is 2.04. The summed E-state index contributed by atoms with van der Waals surface area (Å²) in [6, 6.07) is 0. The van der Waals surface area contributed by atoms with Gasteiger partial charge in [0.25, 0.3) is 0 Å². The highest BCUT2D eigenvalue weighted by atomic mass is 16.5. The SMILES string of the molecule is O=C[C@H]1CCCCO1. The summed E-state index contributed by atoms with van der Waals surface area (Å²) in [4.78, 5) is 10.0. The Bertz CT molecular complexity index is 74.6. The van der Waals surface area contributed by atoms with Gasteiger partial charge in [-0.1, -0.05) is 0 Å². The van der Waals surface area contributed by atoms with Crippen molar-refractivity contribution in [2.45, 2.75) is 25.4 Å². The van der Waals surface area contributed by atoms with Gasteiger partial charge in [0, 0.05) is 6.61 Å². The quantitative estimate of drug-likeness (QED) is 0.470. The number of hydrogen-bond donors (Lipinski definition) is 0. The van der Waals surface area contributed by atoms with E-state index >= 15 is 0 Å². The van der Waals surface area contributed by atoms with E-state index in [1.807, 2.05) is 0 Å². The largest absolute Gasteiger partial charge is 0.371 e. The fourth-order valence-electron chi connectivity index (χ4n) is 0.873. The molecular weight excluding hydrogens is 104 g/mol. The smallest absolute Gasteiger partial charge is 0.148 e. The van der Waals surface area contributed by atoms with E-state index in [1.165, 1.54) is 0 Å². The molecule has 0 amide bonds. The molecular formula is C6H10O2. The predicted octanol–water partition coefficient (Wildman–Crippen LogP) is 0.754. The van der Waals surface area contributed by atoms with Crippen LogP contribution in [0.15, 0.2) is 0 Å². The minimum atomic E-state index is -0.0938. The summed E-state index contributed by atoms with van der Waals surface area (Å²) < 4.78 is 5.06. The van der Waals surface area contributed by atoms with Crippen LogP contribution in [0.1, 0.15) is 19.3 Å². The molecule has 1 fully saturated rings. The van der Waals surface area contributed by atoms with Crippen LogP contribution >= 0.6 is 0 Å². The van der Waals surface area contributed by atoms with Crippen molar-refractivity contribution in [3.05, 3.63) is 0 Å². The number of carbonyl (C=O) groups excluding carboxylic acids is 1. The molecule has 0 aliphatic carbocycles. The van der Waals surface area contributed by atoms with E-state index in [4.69, 9.17) is 4.74 Å². The molecule has 0 aromatic rings. The number of ether oxygens (including phenoxy) is 1. The van der Waals surface area contributed by atoms with E-state index in [0.29, 0.717) is 0 Å². The molecule has 1 saturated heterocycles. The van der Waals surface area contributed by atoms with Crippen LogP contribution in [0.5, 0.6) is 0 Å². The molecule has 46 valence electrons. The maximum atomic E-state index is 10.0. The van der Waals surface area contributed by atoms with Gasteiger partial charge in [0.15, 0.2) is 0 Å². The summed E-state index contributed by atoms with van der Waals surface area (Å²) in [6.07, 6.45) is 3.97. The number of aldehydes is 1. The van der Waals surface area contributed by atoms with Crippen molar-refractivity contribution in [3.8, 4) is 0 Å². The van der Waals surface area contributed by atoms with Gasteiger partial charge >= 0.3 is 0 Å². The maximum Gasteiger partial charge on any atom is 0.148 e. The molecule has 1 atom stereocenters. The van der Waals surface area contributed by atoms with Crippen molar-refractivity contribution in [1.82, 2.24) is 0 Å². The summed E-state index contributed by atoms with van der Waals surface area (Å²) in [7, 11) is 0. The highest BCUT2D eigenvalue weighted by Gasteiger charge is 2.10. The Morgan fingerprint density at radius 3 is 2.75 bits per heavy atom. The zero-order chi connectivity index (χ0) is 5.82. The van der Waals surface area contributed by atoms with Crippen molar-refractivity contribution < 1.29 is 9.53 Å². The lowest BCUT2D eigenvalue weighted by atomic mass is 10.1. The molecule has 0 aromatic carbocycles. The lowest BCUT2D eigenvalue weighted by Gasteiger charge is -2.16. The van der Waals surface area contributed by atoms with Gasteiger partial charge in [-0.25, -0.2) is 0 Å². The zero-order valence-electron chi connectivity index (χ0n) is 4.80. The number of hydrogen-bond acceptors (Lipinski definition) is 2. The lowest BCUT2D eigenvalue weighted by Crippen LogP contribution is -2.19. The van der Waals surface area contributed by atoms with E-state index in [0.717, 1.165) is 32.2 Å². The van der Waals surface area contributed by atoms with Crippen LogP contribution in [0.25, 0.3) is 0 Å². The first-order valence-electron chi connectivity index (χ1n) is 3.00. The highest BCUT2D eigenvalue weighted by molar-refractivity contribution is 5.55. The summed E-state index contributed by atoms with van der Waals surface area (Å²) >= 11 is 0. The second kappa shape index (κ2) is 2.82. The minimum absolute atomic E-state index is 0.0938. The van der Waals surface area contributed by atoms with Gasteiger partial charge in [0.05, 0.1) is 0 Å². The molecule has 1 rings (SSSR count). The van der Waals surface area contributed by atoms with Crippen molar-refractivity contribution >= 4 is 6.29 Å². The van der Waals surface area contributed by atoms with Gasteiger partial charge in [0.2, 0.25) is 0 Å². The third-order valence-corrected chi connectivity index (χ3v) is 1.37. The van der Waals surface area contributed by atoms with Gasteiger partial charge in [-0.15, -0.1) is 0 Å².